The second-order valence-electron chi connectivity index (χ2n) is 34.6. The number of amides is 1. The number of aliphatic hydroxyl groups excluding tert-OH is 2. The second-order valence-corrected chi connectivity index (χ2v) is 36.9. The van der Waals surface area contributed by atoms with Crippen molar-refractivity contribution in [1.82, 2.24) is 29.4 Å². The standard InChI is InChI=1S/C7H15NO2.2C7H15NO.C7H15N.C6H12O2.C5H13N.2C5H10O2.C5H12.C4H8O2S.C4H8O2.2C4H8O.C4H8.C3H5F3.2C3H7NO.C3H9N.2C3H6O2.C3H6O.C3H8O.C2H6O/c1-9-5-2-8-3-6-10-7-4-8;1-9-7-6-8-4-2-3-5-8;1-2-3-8-4-6-9-7-5-8;1-2-5-8-6-3-4-7-8;1-5(7)8-6(2,3)4;1-4-5-6(2)3;2*1-3-5(6)7-4-2;1-5(2,3)4;1-7(5,6)4-2-3-4;1-3-6-4(2)5;1-4-2-5-3-4;1-3-4(2)5;1-4-2-3-4;1-2-3(4,5)6;1-3(5)2-4;1-2-3(4)5;1-4(2)3;1-3(4)5-2;1-2-3(4)5;1-3(2)4;1-2-3-4;1-2-3/h2-7H2,1H3;2*2-7H2,1H3;2-7H2,1H3;1-4H3;4-5H2,1-3H3;2*3-4H2,1-2H3;1-4H3;4H,2-3H2,1H3;3H2,1-2H3;4H,2-3H2,1H3;3H2,1-2H3;4H,2-3H2,1H3;2H2,1H3;2,4H2,1H3;2H2,1H3,(H2,4,5);1-3H3;1-2H3;2H2,1H3,(H,4,5);1-2H3;4H,2-3H2,1H3;3H,2H2,1H3. The van der Waals surface area contributed by atoms with Crippen molar-refractivity contribution in [3.63, 3.8) is 0 Å². The van der Waals surface area contributed by atoms with Crippen molar-refractivity contribution in [2.24, 2.45) is 28.7 Å². The highest BCUT2D eigenvalue weighted by Crippen LogP contribution is 2.27. The summed E-state index contributed by atoms with van der Waals surface area (Å²) >= 11 is 0. The number of halogens is 3. The number of aliphatic carboxylic acids is 1. The Morgan fingerprint density at radius 3 is 0.825 bits per heavy atom. The summed E-state index contributed by atoms with van der Waals surface area (Å²) in [7, 11) is 12.4. The predicted molar refractivity (Wildman–Crippen MR) is 556 cm³/mol. The van der Waals surface area contributed by atoms with Crippen LogP contribution in [0, 0.1) is 17.3 Å². The van der Waals surface area contributed by atoms with Crippen LogP contribution in [0.3, 0.4) is 0 Å². The van der Waals surface area contributed by atoms with Gasteiger partial charge in [0.25, 0.3) is 0 Å². The number of aliphatic hydroxyl groups is 2. The quantitative estimate of drug-likeness (QED) is 0.0468. The lowest BCUT2D eigenvalue weighted by Gasteiger charge is -2.25. The van der Waals surface area contributed by atoms with Crippen molar-refractivity contribution < 1.29 is 132 Å². The van der Waals surface area contributed by atoms with Crippen molar-refractivity contribution in [2.45, 2.75) is 340 Å². The van der Waals surface area contributed by atoms with Gasteiger partial charge in [0.15, 0.2) is 0 Å². The van der Waals surface area contributed by atoms with Crippen molar-refractivity contribution in [1.29, 1.82) is 0 Å². The van der Waals surface area contributed by atoms with Gasteiger partial charge in [-0.1, -0.05) is 124 Å². The van der Waals surface area contributed by atoms with E-state index in [4.69, 9.17) is 49.5 Å². The van der Waals surface area contributed by atoms with E-state index in [0.717, 1.165) is 130 Å². The summed E-state index contributed by atoms with van der Waals surface area (Å²) in [6.07, 6.45) is 14.0. The zero-order valence-electron chi connectivity index (χ0n) is 94.8. The lowest BCUT2D eigenvalue weighted by molar-refractivity contribution is -0.152. The van der Waals surface area contributed by atoms with Crippen LogP contribution in [-0.4, -0.2) is 370 Å². The Morgan fingerprint density at radius 1 is 0.467 bits per heavy atom. The minimum absolute atomic E-state index is 0.0208. The number of likely N-dealkylation sites (tertiary alicyclic amines) is 2. The molecule has 0 spiro atoms. The smallest absolute Gasteiger partial charge is 0.388 e. The average molecular weight is 2020 g/mol. The minimum atomic E-state index is -3.96. The Hall–Kier alpha value is -5.52. The van der Waals surface area contributed by atoms with Gasteiger partial charge in [-0.05, 0) is 233 Å². The molecule has 137 heavy (non-hydrogen) atoms. The molecule has 5 heterocycles. The van der Waals surface area contributed by atoms with E-state index in [1.807, 2.05) is 60.7 Å². The van der Waals surface area contributed by atoms with E-state index >= 15 is 0 Å². The number of sulfone groups is 1. The highest BCUT2D eigenvalue weighted by atomic mass is 32.2. The Morgan fingerprint density at radius 2 is 0.730 bits per heavy atom. The molecular formula is C100H217F3N8O25S. The number of morpholine rings is 2. The number of ether oxygens (including phenoxy) is 10. The number of primary amides is 1. The first kappa shape index (κ1) is 168. The fraction of sp³-hybridized carbons (Fsp3) is 0.900. The normalized spacial score (nSPS) is 13.9. The first-order valence-corrected chi connectivity index (χ1v) is 51.0. The number of ketones is 3. The number of carbonyl (C=O) groups excluding carboxylic acids is 9. The number of alkyl halides is 3. The van der Waals surface area contributed by atoms with E-state index in [-0.39, 0.29) is 83.5 Å². The third-order valence-corrected chi connectivity index (χ3v) is 16.4. The SMILES string of the molecule is CC(=O)CN.CC(=O)OC(C)(C)C.CC(C)(C)C.CC(C)=O.CC1CC1.CC1COC1.CCC(=O)O.CCC(C)=O.CCC(F)(F)F.CCC(N)=O.CCCN(C)C.CCCN1CCCC1.CCCN1CCOCC1.CCCO.CCO.CCOC(=O)CC.CCOC(=O)CC.CCOC(C)=O.CN(C)C.COC(C)=O.COCCN1CCCC1.COCCN1CCOCC1.CS(=O)(=O)C1CC1. The predicted octanol–water partition coefficient (Wildman–Crippen LogP) is 16.2. The zero-order valence-corrected chi connectivity index (χ0v) is 95.6. The van der Waals surface area contributed by atoms with E-state index < -0.39 is 28.4 Å². The lowest BCUT2D eigenvalue weighted by atomic mass is 10.0. The van der Waals surface area contributed by atoms with Crippen LogP contribution in [0.4, 0.5) is 13.2 Å². The van der Waals surface area contributed by atoms with Crippen LogP contribution in [0.1, 0.15) is 323 Å². The number of carboxylic acid groups (broad SMARTS) is 1. The number of Topliss-reactive ketones (excluding diaryl/α,β-unsaturated/α-hetero) is 3. The first-order chi connectivity index (χ1) is 63.4. The van der Waals surface area contributed by atoms with Gasteiger partial charge in [0.05, 0.1) is 91.6 Å². The van der Waals surface area contributed by atoms with Gasteiger partial charge in [-0.15, -0.1) is 0 Å². The fourth-order valence-electron chi connectivity index (χ4n) is 7.36. The summed E-state index contributed by atoms with van der Waals surface area (Å²) in [6, 6.07) is 0. The third-order valence-electron chi connectivity index (χ3n) is 14.7. The number of methoxy groups -OCH3 is 3. The summed E-state index contributed by atoms with van der Waals surface area (Å²) in [5, 5.41) is 23.2. The van der Waals surface area contributed by atoms with E-state index in [1.165, 1.54) is 159 Å². The third kappa shape index (κ3) is 257. The van der Waals surface area contributed by atoms with Gasteiger partial charge in [0.2, 0.25) is 5.91 Å². The maximum absolute atomic E-state index is 10.8. The molecule has 0 aromatic rings. The van der Waals surface area contributed by atoms with Crippen molar-refractivity contribution >= 4 is 68.9 Å². The highest BCUT2D eigenvalue weighted by molar-refractivity contribution is 7.91. The highest BCUT2D eigenvalue weighted by Gasteiger charge is 2.31. The van der Waals surface area contributed by atoms with Gasteiger partial charge in [-0.25, -0.2) is 8.42 Å². The summed E-state index contributed by atoms with van der Waals surface area (Å²) < 4.78 is 101. The fourth-order valence-corrected chi connectivity index (χ4v) is 8.35. The van der Waals surface area contributed by atoms with Gasteiger partial charge in [-0.3, -0.25) is 48.2 Å². The van der Waals surface area contributed by atoms with Crippen LogP contribution < -0.4 is 11.5 Å². The molecule has 1 amide bonds. The van der Waals surface area contributed by atoms with Crippen molar-refractivity contribution in [3.05, 3.63) is 0 Å². The van der Waals surface area contributed by atoms with Crippen molar-refractivity contribution in [3.8, 4) is 0 Å². The Bertz CT molecular complexity index is 2520. The Labute approximate surface area is 835 Å². The number of nitrogens with zero attached hydrogens (tertiary/aromatic N) is 6. The molecule has 834 valence electrons. The molecule has 7 aliphatic rings. The molecule has 33 nitrogen and oxygen atoms in total. The molecule has 0 bridgehead atoms. The molecule has 0 aromatic carbocycles. The van der Waals surface area contributed by atoms with Crippen LogP contribution in [0.2, 0.25) is 0 Å². The number of carboxylic acids is 1. The van der Waals surface area contributed by atoms with E-state index in [1.54, 1.807) is 76.5 Å². The van der Waals surface area contributed by atoms with Gasteiger partial charge in [0.1, 0.15) is 32.8 Å². The molecule has 2 aliphatic carbocycles. The topological polar surface area (TPSA) is 429 Å². The van der Waals surface area contributed by atoms with Crippen LogP contribution >= 0.6 is 0 Å². The number of nitrogens with two attached hydrogens (primary N) is 2. The zero-order chi connectivity index (χ0) is 111. The van der Waals surface area contributed by atoms with Crippen LogP contribution in [0.5, 0.6) is 0 Å². The minimum Gasteiger partial charge on any atom is -0.481 e. The van der Waals surface area contributed by atoms with Gasteiger partial charge in [0, 0.05) is 138 Å². The maximum Gasteiger partial charge on any atom is 0.388 e. The number of rotatable bonds is 23. The van der Waals surface area contributed by atoms with Crippen LogP contribution in [0.15, 0.2) is 0 Å². The summed E-state index contributed by atoms with van der Waals surface area (Å²) in [6.45, 7) is 79.5. The van der Waals surface area contributed by atoms with E-state index in [9.17, 15) is 69.5 Å². The summed E-state index contributed by atoms with van der Waals surface area (Å²) in [5.74, 6) is 0.463. The molecule has 2 saturated carbocycles. The number of esters is 5. The second kappa shape index (κ2) is 128. The largest absolute Gasteiger partial charge is 0.481 e. The Kier molecular flexibility index (Phi) is 157. The van der Waals surface area contributed by atoms with Crippen molar-refractivity contribution in [2.75, 3.05) is 240 Å². The first-order valence-electron chi connectivity index (χ1n) is 49.1. The lowest BCUT2D eigenvalue weighted by Crippen LogP contribution is -2.38. The molecular weight excluding hydrogens is 1800 g/mol. The molecule has 5 aliphatic heterocycles. The molecule has 7 rings (SSSR count). The van der Waals surface area contributed by atoms with E-state index in [0.29, 0.717) is 57.5 Å². The number of hydrogen-bond donors (Lipinski definition) is 5. The molecule has 0 unspecified atom stereocenters. The molecule has 5 saturated heterocycles. The molecule has 7 N–H and O–H groups in total. The van der Waals surface area contributed by atoms with Gasteiger partial charge >= 0.3 is 42.0 Å². The summed E-state index contributed by atoms with van der Waals surface area (Å²) in [4.78, 5) is 112. The molecule has 7 fully saturated rings. The molecule has 0 aromatic heterocycles. The van der Waals surface area contributed by atoms with Gasteiger partial charge in [-0.2, -0.15) is 13.2 Å². The molecule has 37 heteroatoms. The van der Waals surface area contributed by atoms with E-state index in [2.05, 4.69) is 126 Å². The van der Waals surface area contributed by atoms with Gasteiger partial charge < -0.3 is 103 Å². The van der Waals surface area contributed by atoms with Crippen LogP contribution in [-0.2, 0) is 105 Å². The Balaban J connectivity index is -0.0000000803. The number of carbonyl (C=O) groups is 10. The monoisotopic (exact) mass is 2020 g/mol. The molecule has 0 atom stereocenters. The van der Waals surface area contributed by atoms with Crippen LogP contribution in [0.25, 0.3) is 0 Å². The average Bonchev–Trinajstić information content (AvgIpc) is 1.71. The number of hydrogen-bond acceptors (Lipinski definition) is 31. The molecule has 0 radical (unpaired) electrons. The maximum atomic E-state index is 10.8. The summed E-state index contributed by atoms with van der Waals surface area (Å²) in [5.41, 5.74) is 9.65.